The fourth-order valence-electron chi connectivity index (χ4n) is 2.21. The molecule has 0 bridgehead atoms. The van der Waals surface area contributed by atoms with Crippen LogP contribution in [0.25, 0.3) is 11.1 Å². The molecule has 2 rings (SSSR count). The quantitative estimate of drug-likeness (QED) is 0.762. The van der Waals surface area contributed by atoms with Crippen LogP contribution >= 0.6 is 11.6 Å². The third-order valence-corrected chi connectivity index (χ3v) is 3.74. The van der Waals surface area contributed by atoms with E-state index in [4.69, 9.17) is 17.3 Å². The largest absolute Gasteiger partial charge is 0.352 e. The van der Waals surface area contributed by atoms with Crippen LogP contribution in [0.4, 0.5) is 0 Å². The lowest BCUT2D eigenvalue weighted by atomic mass is 10.0. The second kappa shape index (κ2) is 8.57. The number of nitrogens with two attached hydrogens (primary N) is 1. The molecule has 4 heteroatoms. The molecule has 0 atom stereocenters. The first-order chi connectivity index (χ1) is 10.7. The van der Waals surface area contributed by atoms with Crippen LogP contribution in [0.5, 0.6) is 0 Å². The lowest BCUT2D eigenvalue weighted by Crippen LogP contribution is -2.24. The summed E-state index contributed by atoms with van der Waals surface area (Å²) in [6.45, 7) is 1.40. The molecule has 0 fully saturated rings. The van der Waals surface area contributed by atoms with Crippen LogP contribution in [0.3, 0.4) is 0 Å². The molecule has 0 unspecified atom stereocenters. The van der Waals surface area contributed by atoms with Crippen molar-refractivity contribution in [3.8, 4) is 11.1 Å². The smallest absolute Gasteiger partial charge is 0.251 e. The van der Waals surface area contributed by atoms with Crippen LogP contribution in [0, 0.1) is 0 Å². The first kappa shape index (κ1) is 16.5. The second-order valence-electron chi connectivity index (χ2n) is 5.19. The van der Waals surface area contributed by atoms with Gasteiger partial charge in [-0.15, -0.1) is 0 Å². The van der Waals surface area contributed by atoms with E-state index < -0.39 is 0 Å². The zero-order valence-corrected chi connectivity index (χ0v) is 13.3. The van der Waals surface area contributed by atoms with Gasteiger partial charge in [0, 0.05) is 17.1 Å². The number of hydrogen-bond acceptors (Lipinski definition) is 2. The number of amides is 1. The van der Waals surface area contributed by atoms with Gasteiger partial charge < -0.3 is 11.1 Å². The zero-order valence-electron chi connectivity index (χ0n) is 12.5. The van der Waals surface area contributed by atoms with E-state index in [-0.39, 0.29) is 5.91 Å². The SMILES string of the molecule is NCCCCCNC(=O)c1ccc(-c2ccc(Cl)cc2)cc1. The Labute approximate surface area is 136 Å². The van der Waals surface area contributed by atoms with Crippen molar-refractivity contribution in [1.29, 1.82) is 0 Å². The van der Waals surface area contributed by atoms with Crippen molar-refractivity contribution >= 4 is 17.5 Å². The third-order valence-electron chi connectivity index (χ3n) is 3.49. The van der Waals surface area contributed by atoms with Gasteiger partial charge in [-0.1, -0.05) is 42.3 Å². The number of hydrogen-bond donors (Lipinski definition) is 2. The average molecular weight is 317 g/mol. The predicted octanol–water partition coefficient (Wildman–Crippen LogP) is 3.87. The van der Waals surface area contributed by atoms with Gasteiger partial charge >= 0.3 is 0 Å². The topological polar surface area (TPSA) is 55.1 Å². The minimum absolute atomic E-state index is 0.0320. The normalized spacial score (nSPS) is 10.5. The summed E-state index contributed by atoms with van der Waals surface area (Å²) in [6, 6.07) is 15.2. The number of rotatable bonds is 7. The van der Waals surface area contributed by atoms with Gasteiger partial charge in [-0.25, -0.2) is 0 Å². The summed E-state index contributed by atoms with van der Waals surface area (Å²) in [5, 5.41) is 3.64. The van der Waals surface area contributed by atoms with Crippen molar-refractivity contribution < 1.29 is 4.79 Å². The van der Waals surface area contributed by atoms with E-state index in [1.54, 1.807) is 0 Å². The predicted molar refractivity (Wildman–Crippen MR) is 92.1 cm³/mol. The molecule has 3 N–H and O–H groups in total. The van der Waals surface area contributed by atoms with Gasteiger partial charge in [-0.3, -0.25) is 4.79 Å². The molecule has 22 heavy (non-hydrogen) atoms. The van der Waals surface area contributed by atoms with Crippen molar-refractivity contribution in [2.45, 2.75) is 19.3 Å². The number of carbonyl (C=O) groups excluding carboxylic acids is 1. The molecular formula is C18H21ClN2O. The Kier molecular flexibility index (Phi) is 6.44. The molecule has 0 saturated heterocycles. The highest BCUT2D eigenvalue weighted by atomic mass is 35.5. The summed E-state index contributed by atoms with van der Waals surface area (Å²) in [4.78, 5) is 12.0. The van der Waals surface area contributed by atoms with Gasteiger partial charge in [0.25, 0.3) is 5.91 Å². The Balaban J connectivity index is 1.91. The zero-order chi connectivity index (χ0) is 15.8. The van der Waals surface area contributed by atoms with Gasteiger partial charge in [0.05, 0.1) is 0 Å². The summed E-state index contributed by atoms with van der Waals surface area (Å²) in [5.41, 5.74) is 8.26. The van der Waals surface area contributed by atoms with Crippen molar-refractivity contribution in [2.24, 2.45) is 5.73 Å². The Hall–Kier alpha value is -1.84. The molecule has 0 aromatic heterocycles. The molecule has 0 saturated carbocycles. The van der Waals surface area contributed by atoms with Gasteiger partial charge in [0.2, 0.25) is 0 Å². The first-order valence-electron chi connectivity index (χ1n) is 7.55. The summed E-state index contributed by atoms with van der Waals surface area (Å²) in [5.74, 6) is -0.0320. The van der Waals surface area contributed by atoms with Crippen molar-refractivity contribution in [3.05, 3.63) is 59.1 Å². The number of unbranched alkanes of at least 4 members (excludes halogenated alkanes) is 2. The van der Waals surface area contributed by atoms with Gasteiger partial charge in [-0.05, 0) is 54.8 Å². The molecule has 0 aliphatic rings. The number of benzene rings is 2. The van der Waals surface area contributed by atoms with Crippen LogP contribution in [-0.2, 0) is 0 Å². The van der Waals surface area contributed by atoms with Crippen LogP contribution in [0.2, 0.25) is 5.02 Å². The molecule has 0 heterocycles. The van der Waals surface area contributed by atoms with Crippen LogP contribution in [-0.4, -0.2) is 19.0 Å². The summed E-state index contributed by atoms with van der Waals surface area (Å²) in [7, 11) is 0. The molecule has 0 spiro atoms. The maximum atomic E-state index is 12.0. The molecule has 2 aromatic rings. The number of carbonyl (C=O) groups is 1. The highest BCUT2D eigenvalue weighted by Gasteiger charge is 2.05. The number of halogens is 1. The highest BCUT2D eigenvalue weighted by molar-refractivity contribution is 6.30. The third kappa shape index (κ3) is 4.86. The second-order valence-corrected chi connectivity index (χ2v) is 5.63. The number of nitrogens with one attached hydrogen (secondary N) is 1. The maximum Gasteiger partial charge on any atom is 0.251 e. The summed E-state index contributed by atoms with van der Waals surface area (Å²) in [6.07, 6.45) is 3.02. The van der Waals surface area contributed by atoms with Crippen molar-refractivity contribution in [1.82, 2.24) is 5.32 Å². The fraction of sp³-hybridized carbons (Fsp3) is 0.278. The Bertz CT molecular complexity index is 593. The lowest BCUT2D eigenvalue weighted by molar-refractivity contribution is 0.0953. The minimum atomic E-state index is -0.0320. The average Bonchev–Trinajstić information content (AvgIpc) is 2.55. The lowest BCUT2D eigenvalue weighted by Gasteiger charge is -2.06. The first-order valence-corrected chi connectivity index (χ1v) is 7.93. The van der Waals surface area contributed by atoms with E-state index in [2.05, 4.69) is 5.32 Å². The van der Waals surface area contributed by atoms with Gasteiger partial charge in [0.1, 0.15) is 0 Å². The Morgan fingerprint density at radius 3 is 2.09 bits per heavy atom. The molecule has 3 nitrogen and oxygen atoms in total. The van der Waals surface area contributed by atoms with E-state index in [1.807, 2.05) is 48.5 Å². The molecular weight excluding hydrogens is 296 g/mol. The van der Waals surface area contributed by atoms with Crippen LogP contribution in [0.1, 0.15) is 29.6 Å². The van der Waals surface area contributed by atoms with Crippen molar-refractivity contribution in [2.75, 3.05) is 13.1 Å². The molecule has 0 aliphatic carbocycles. The highest BCUT2D eigenvalue weighted by Crippen LogP contribution is 2.21. The van der Waals surface area contributed by atoms with Gasteiger partial charge in [-0.2, -0.15) is 0 Å². The van der Waals surface area contributed by atoms with E-state index in [1.165, 1.54) is 0 Å². The summed E-state index contributed by atoms with van der Waals surface area (Å²) < 4.78 is 0. The monoisotopic (exact) mass is 316 g/mol. The molecule has 2 aromatic carbocycles. The molecule has 1 amide bonds. The molecule has 0 aliphatic heterocycles. The molecule has 116 valence electrons. The van der Waals surface area contributed by atoms with Crippen LogP contribution in [0.15, 0.2) is 48.5 Å². The Morgan fingerprint density at radius 1 is 0.909 bits per heavy atom. The summed E-state index contributed by atoms with van der Waals surface area (Å²) >= 11 is 5.89. The van der Waals surface area contributed by atoms with Crippen molar-refractivity contribution in [3.63, 3.8) is 0 Å². The van der Waals surface area contributed by atoms with E-state index in [0.29, 0.717) is 18.7 Å². The maximum absolute atomic E-state index is 12.0. The van der Waals surface area contributed by atoms with Gasteiger partial charge in [0.15, 0.2) is 0 Å². The standard InChI is InChI=1S/C18H21ClN2O/c19-17-10-8-15(9-11-17)14-4-6-16(7-5-14)18(22)21-13-3-1-2-12-20/h4-11H,1-3,12-13,20H2,(H,21,22). The van der Waals surface area contributed by atoms with E-state index in [0.717, 1.165) is 35.4 Å². The Morgan fingerprint density at radius 2 is 1.50 bits per heavy atom. The minimum Gasteiger partial charge on any atom is -0.352 e. The van der Waals surface area contributed by atoms with E-state index in [9.17, 15) is 4.79 Å². The van der Waals surface area contributed by atoms with Crippen LogP contribution < -0.4 is 11.1 Å². The fourth-order valence-corrected chi connectivity index (χ4v) is 2.33. The van der Waals surface area contributed by atoms with E-state index >= 15 is 0 Å². The molecule has 0 radical (unpaired) electrons.